The van der Waals surface area contributed by atoms with E-state index in [1.165, 1.54) is 31.2 Å². The Bertz CT molecular complexity index is 433. The Balaban J connectivity index is 2.45. The van der Waals surface area contributed by atoms with Crippen LogP contribution in [0.1, 0.15) is 17.3 Å². The van der Waals surface area contributed by atoms with Crippen LogP contribution in [-0.4, -0.2) is 23.8 Å². The minimum absolute atomic E-state index is 0.163. The van der Waals surface area contributed by atoms with Crippen molar-refractivity contribution in [3.8, 4) is 5.75 Å². The lowest BCUT2D eigenvalue weighted by Crippen LogP contribution is -2.10. The van der Waals surface area contributed by atoms with Crippen molar-refractivity contribution in [2.45, 2.75) is 6.92 Å². The topological polar surface area (TPSA) is 72.8 Å². The van der Waals surface area contributed by atoms with Crippen LogP contribution in [0, 0.1) is 0 Å². The summed E-state index contributed by atoms with van der Waals surface area (Å²) in [7, 11) is 0. The first kappa shape index (κ1) is 12.8. The summed E-state index contributed by atoms with van der Waals surface area (Å²) >= 11 is 0. The summed E-state index contributed by atoms with van der Waals surface area (Å²) in [5.41, 5.74) is 0.450. The summed E-state index contributed by atoms with van der Waals surface area (Å²) in [5.74, 6) is -1.12. The van der Waals surface area contributed by atoms with Gasteiger partial charge in [-0.05, 0) is 31.2 Å². The molecule has 1 rings (SSSR count). The number of hydrogen-bond donors (Lipinski definition) is 1. The van der Waals surface area contributed by atoms with Crippen LogP contribution in [0.2, 0.25) is 0 Å². The fourth-order valence-electron chi connectivity index (χ4n) is 0.968. The van der Waals surface area contributed by atoms with Gasteiger partial charge in [-0.15, -0.1) is 0 Å². The van der Waals surface area contributed by atoms with Gasteiger partial charge in [0.05, 0.1) is 5.56 Å². The Morgan fingerprint density at radius 2 is 1.88 bits per heavy atom. The van der Waals surface area contributed by atoms with Crippen LogP contribution in [0.5, 0.6) is 5.75 Å². The lowest BCUT2D eigenvalue weighted by atomic mass is 10.2. The van der Waals surface area contributed by atoms with E-state index in [1.54, 1.807) is 0 Å². The van der Waals surface area contributed by atoms with Crippen molar-refractivity contribution < 1.29 is 24.2 Å². The predicted molar refractivity (Wildman–Crippen MR) is 59.8 cm³/mol. The molecule has 1 aromatic rings. The number of rotatable bonds is 5. The van der Waals surface area contributed by atoms with E-state index in [-0.39, 0.29) is 17.9 Å². The number of carbonyl (C=O) groups excluding carboxylic acids is 1. The van der Waals surface area contributed by atoms with Gasteiger partial charge in [0.25, 0.3) is 0 Å². The van der Waals surface area contributed by atoms with E-state index in [0.717, 1.165) is 0 Å². The average molecular weight is 236 g/mol. The molecule has 0 aromatic heterocycles. The van der Waals surface area contributed by atoms with E-state index in [4.69, 9.17) is 14.6 Å². The summed E-state index contributed by atoms with van der Waals surface area (Å²) < 4.78 is 9.79. The molecule has 0 saturated heterocycles. The van der Waals surface area contributed by atoms with Crippen LogP contribution in [0.3, 0.4) is 0 Å². The number of carbonyl (C=O) groups is 2. The van der Waals surface area contributed by atoms with Gasteiger partial charge < -0.3 is 14.6 Å². The number of esters is 1. The summed E-state index contributed by atoms with van der Waals surface area (Å²) in [4.78, 5) is 21.6. The van der Waals surface area contributed by atoms with E-state index in [9.17, 15) is 9.59 Å². The first-order valence-electron chi connectivity index (χ1n) is 4.79. The Hall–Kier alpha value is -2.30. The second kappa shape index (κ2) is 5.69. The van der Waals surface area contributed by atoms with Crippen LogP contribution in [0.25, 0.3) is 0 Å². The van der Waals surface area contributed by atoms with Gasteiger partial charge in [0, 0.05) is 5.57 Å². The molecule has 0 unspecified atom stereocenters. The van der Waals surface area contributed by atoms with Crippen molar-refractivity contribution in [1.29, 1.82) is 0 Å². The fraction of sp³-hybridized carbons (Fsp3) is 0.167. The van der Waals surface area contributed by atoms with Crippen molar-refractivity contribution >= 4 is 11.9 Å². The normalized spacial score (nSPS) is 9.47. The van der Waals surface area contributed by atoms with E-state index < -0.39 is 11.9 Å². The molecule has 5 nitrogen and oxygen atoms in total. The third kappa shape index (κ3) is 3.98. The van der Waals surface area contributed by atoms with Gasteiger partial charge in [0.2, 0.25) is 6.79 Å². The minimum Gasteiger partial charge on any atom is -0.478 e. The molecular formula is C12H12O5. The molecule has 1 aromatic carbocycles. The van der Waals surface area contributed by atoms with Crippen molar-refractivity contribution in [3.63, 3.8) is 0 Å². The Morgan fingerprint density at radius 3 is 2.35 bits per heavy atom. The van der Waals surface area contributed by atoms with Gasteiger partial charge in [-0.1, -0.05) is 6.58 Å². The zero-order chi connectivity index (χ0) is 12.8. The zero-order valence-corrected chi connectivity index (χ0v) is 9.30. The molecule has 0 atom stereocenters. The number of carboxylic acid groups (broad SMARTS) is 1. The van der Waals surface area contributed by atoms with Gasteiger partial charge in [-0.3, -0.25) is 0 Å². The van der Waals surface area contributed by atoms with Gasteiger partial charge in [-0.2, -0.15) is 0 Å². The van der Waals surface area contributed by atoms with Gasteiger partial charge in [0.15, 0.2) is 0 Å². The maximum absolute atomic E-state index is 11.0. The summed E-state index contributed by atoms with van der Waals surface area (Å²) in [6, 6.07) is 5.77. The maximum atomic E-state index is 11.0. The van der Waals surface area contributed by atoms with E-state index in [2.05, 4.69) is 6.58 Å². The standard InChI is InChI=1S/C12H12O5/c1-8(2)12(15)17-7-16-10-5-3-9(4-6-10)11(13)14/h3-6H,1,7H2,2H3,(H,13,14). The molecule has 0 saturated carbocycles. The number of ether oxygens (including phenoxy) is 2. The second-order valence-electron chi connectivity index (χ2n) is 3.30. The molecule has 90 valence electrons. The number of carboxylic acids is 1. The molecule has 0 fully saturated rings. The van der Waals surface area contributed by atoms with E-state index in [1.807, 2.05) is 0 Å². The summed E-state index contributed by atoms with van der Waals surface area (Å²) in [6.45, 7) is 4.71. The molecule has 0 aliphatic rings. The third-order valence-corrected chi connectivity index (χ3v) is 1.87. The molecule has 0 spiro atoms. The molecule has 0 amide bonds. The highest BCUT2D eigenvalue weighted by Gasteiger charge is 2.04. The van der Waals surface area contributed by atoms with E-state index >= 15 is 0 Å². The van der Waals surface area contributed by atoms with Gasteiger partial charge >= 0.3 is 11.9 Å². The van der Waals surface area contributed by atoms with Crippen LogP contribution in [0.15, 0.2) is 36.4 Å². The van der Waals surface area contributed by atoms with Gasteiger partial charge in [0.1, 0.15) is 5.75 Å². The maximum Gasteiger partial charge on any atom is 0.335 e. The number of hydrogen-bond acceptors (Lipinski definition) is 4. The Morgan fingerprint density at radius 1 is 1.29 bits per heavy atom. The quantitative estimate of drug-likeness (QED) is 0.479. The molecule has 0 heterocycles. The van der Waals surface area contributed by atoms with Crippen LogP contribution in [0.4, 0.5) is 0 Å². The van der Waals surface area contributed by atoms with Gasteiger partial charge in [-0.25, -0.2) is 9.59 Å². The second-order valence-corrected chi connectivity index (χ2v) is 3.30. The minimum atomic E-state index is -1.01. The number of aromatic carboxylic acids is 1. The molecule has 17 heavy (non-hydrogen) atoms. The molecule has 0 bridgehead atoms. The summed E-state index contributed by atoms with van der Waals surface area (Å²) in [6.07, 6.45) is 0. The van der Waals surface area contributed by atoms with Crippen LogP contribution >= 0.6 is 0 Å². The van der Waals surface area contributed by atoms with Crippen molar-refractivity contribution in [3.05, 3.63) is 42.0 Å². The molecule has 0 radical (unpaired) electrons. The van der Waals surface area contributed by atoms with Crippen molar-refractivity contribution in [2.75, 3.05) is 6.79 Å². The number of benzene rings is 1. The third-order valence-electron chi connectivity index (χ3n) is 1.87. The first-order valence-corrected chi connectivity index (χ1v) is 4.79. The highest BCUT2D eigenvalue weighted by Crippen LogP contribution is 2.12. The van der Waals surface area contributed by atoms with Crippen molar-refractivity contribution in [2.24, 2.45) is 0 Å². The van der Waals surface area contributed by atoms with Crippen LogP contribution in [-0.2, 0) is 9.53 Å². The Kier molecular flexibility index (Phi) is 4.28. The largest absolute Gasteiger partial charge is 0.478 e. The zero-order valence-electron chi connectivity index (χ0n) is 9.30. The smallest absolute Gasteiger partial charge is 0.335 e. The molecular weight excluding hydrogens is 224 g/mol. The highest BCUT2D eigenvalue weighted by atomic mass is 16.7. The Labute approximate surface area is 98.3 Å². The molecule has 5 heteroatoms. The highest BCUT2D eigenvalue weighted by molar-refractivity contribution is 5.87. The van der Waals surface area contributed by atoms with Crippen molar-refractivity contribution in [1.82, 2.24) is 0 Å². The summed E-state index contributed by atoms with van der Waals surface area (Å²) in [5, 5.41) is 8.67. The lowest BCUT2D eigenvalue weighted by Gasteiger charge is -2.07. The van der Waals surface area contributed by atoms with Crippen LogP contribution < -0.4 is 4.74 Å². The average Bonchev–Trinajstić information content (AvgIpc) is 2.29. The monoisotopic (exact) mass is 236 g/mol. The lowest BCUT2D eigenvalue weighted by molar-refractivity contribution is -0.145. The molecule has 1 N–H and O–H groups in total. The van der Waals surface area contributed by atoms with E-state index in [0.29, 0.717) is 5.75 Å². The SMILES string of the molecule is C=C(C)C(=O)OCOc1ccc(C(=O)O)cc1. The fourth-order valence-corrected chi connectivity index (χ4v) is 0.968. The predicted octanol–water partition coefficient (Wildman–Crippen LogP) is 1.84. The first-order chi connectivity index (χ1) is 8.00. The molecule has 0 aliphatic carbocycles. The molecule has 0 aliphatic heterocycles.